The Labute approximate surface area is 288 Å². The number of allylic oxidation sites excluding steroid dienone is 1. The summed E-state index contributed by atoms with van der Waals surface area (Å²) in [5, 5.41) is 3.13. The van der Waals surface area contributed by atoms with Crippen LogP contribution in [0.4, 0.5) is 17.1 Å². The lowest BCUT2D eigenvalue weighted by molar-refractivity contribution is -0.136. The Hall–Kier alpha value is -5.37. The number of ether oxygens (including phenoxy) is 1. The van der Waals surface area contributed by atoms with Crippen molar-refractivity contribution in [3.63, 3.8) is 0 Å². The molecule has 4 aromatic carbocycles. The van der Waals surface area contributed by atoms with Gasteiger partial charge < -0.3 is 25.6 Å². The Bertz CT molecular complexity index is 1790. The molecule has 6 rings (SSSR count). The molecule has 49 heavy (non-hydrogen) atoms. The smallest absolute Gasteiger partial charge is 0.251 e. The number of hydrogen-bond donors (Lipinski definition) is 2. The van der Waals surface area contributed by atoms with Crippen LogP contribution >= 0.6 is 0 Å². The monoisotopic (exact) mass is 656 g/mol. The second kappa shape index (κ2) is 15.2. The number of amides is 3. The van der Waals surface area contributed by atoms with E-state index >= 15 is 0 Å². The number of para-hydroxylation sites is 3. The highest BCUT2D eigenvalue weighted by atomic mass is 16.5. The Kier molecular flexibility index (Phi) is 10.4. The van der Waals surface area contributed by atoms with Gasteiger partial charge in [0, 0.05) is 5.69 Å². The van der Waals surface area contributed by atoms with Gasteiger partial charge >= 0.3 is 0 Å². The zero-order valence-electron chi connectivity index (χ0n) is 28.0. The first kappa shape index (κ1) is 33.5. The van der Waals surface area contributed by atoms with Crippen LogP contribution in [0.2, 0.25) is 0 Å². The normalized spacial score (nSPS) is 17.2. The van der Waals surface area contributed by atoms with E-state index in [2.05, 4.69) is 22.9 Å². The molecule has 2 aliphatic rings. The van der Waals surface area contributed by atoms with Crippen LogP contribution in [0.25, 0.3) is 11.1 Å². The van der Waals surface area contributed by atoms with Crippen molar-refractivity contribution in [1.29, 1.82) is 0 Å². The highest BCUT2D eigenvalue weighted by molar-refractivity contribution is 6.04. The molecule has 3 amide bonds. The number of hydrogen-bond acceptors (Lipinski definition) is 5. The van der Waals surface area contributed by atoms with Crippen LogP contribution in [-0.4, -0.2) is 37.4 Å². The third kappa shape index (κ3) is 7.54. The molecule has 0 radical (unpaired) electrons. The van der Waals surface area contributed by atoms with Crippen LogP contribution in [0.1, 0.15) is 37.7 Å². The van der Waals surface area contributed by atoms with Crippen molar-refractivity contribution in [3.05, 3.63) is 121 Å². The number of nitrogens with one attached hydrogen (secondary N) is 1. The van der Waals surface area contributed by atoms with Crippen molar-refractivity contribution < 1.29 is 19.1 Å². The van der Waals surface area contributed by atoms with E-state index in [4.69, 9.17) is 10.5 Å². The first-order valence-corrected chi connectivity index (χ1v) is 17.0. The summed E-state index contributed by atoms with van der Waals surface area (Å²) in [6.45, 7) is 4.32. The average molecular weight is 657 g/mol. The molecule has 0 saturated heterocycles. The van der Waals surface area contributed by atoms with Gasteiger partial charge in [0.25, 0.3) is 5.91 Å². The fourth-order valence-electron chi connectivity index (χ4n) is 7.00. The maximum absolute atomic E-state index is 14.8. The van der Waals surface area contributed by atoms with Crippen LogP contribution < -0.4 is 25.6 Å². The minimum absolute atomic E-state index is 0.215. The number of methoxy groups -OCH3 is 1. The number of carbonyl (C=O) groups excluding carboxylic acids is 3. The number of anilines is 3. The molecule has 1 aliphatic heterocycles. The first-order chi connectivity index (χ1) is 23.9. The van der Waals surface area contributed by atoms with Gasteiger partial charge in [-0.15, -0.1) is 6.58 Å². The molecular weight excluding hydrogens is 612 g/mol. The summed E-state index contributed by atoms with van der Waals surface area (Å²) in [6.07, 6.45) is 5.65. The number of carbonyl (C=O) groups is 3. The second-order valence-electron chi connectivity index (χ2n) is 13.0. The number of fused-ring (bicyclic) bond motifs is 1. The largest absolute Gasteiger partial charge is 0.497 e. The zero-order chi connectivity index (χ0) is 34.3. The number of primary amides is 1. The summed E-state index contributed by atoms with van der Waals surface area (Å²) >= 11 is 0. The van der Waals surface area contributed by atoms with E-state index in [1.54, 1.807) is 18.1 Å². The van der Waals surface area contributed by atoms with Gasteiger partial charge in [-0.1, -0.05) is 86.0 Å². The molecule has 1 unspecified atom stereocenters. The van der Waals surface area contributed by atoms with Gasteiger partial charge in [-0.05, 0) is 77.9 Å². The molecule has 1 saturated carbocycles. The highest BCUT2D eigenvalue weighted by Crippen LogP contribution is 2.39. The summed E-state index contributed by atoms with van der Waals surface area (Å²) in [4.78, 5) is 45.5. The molecule has 1 aliphatic carbocycles. The summed E-state index contributed by atoms with van der Waals surface area (Å²) in [5.74, 6) is -1.29. The van der Waals surface area contributed by atoms with Gasteiger partial charge in [-0.2, -0.15) is 0 Å². The molecule has 3 N–H and O–H groups in total. The van der Waals surface area contributed by atoms with E-state index in [1.165, 1.54) is 0 Å². The van der Waals surface area contributed by atoms with E-state index in [1.807, 2.05) is 97.1 Å². The molecule has 3 atom stereocenters. The lowest BCUT2D eigenvalue weighted by atomic mass is 9.74. The Morgan fingerprint density at radius 1 is 0.918 bits per heavy atom. The van der Waals surface area contributed by atoms with Gasteiger partial charge in [0.15, 0.2) is 0 Å². The van der Waals surface area contributed by atoms with Gasteiger partial charge in [0.1, 0.15) is 11.8 Å². The van der Waals surface area contributed by atoms with Crippen molar-refractivity contribution in [2.45, 2.75) is 44.7 Å². The van der Waals surface area contributed by atoms with Crippen LogP contribution in [0.15, 0.2) is 116 Å². The first-order valence-electron chi connectivity index (χ1n) is 17.0. The van der Waals surface area contributed by atoms with Crippen molar-refractivity contribution in [2.75, 3.05) is 23.5 Å². The topological polar surface area (TPSA) is 105 Å². The van der Waals surface area contributed by atoms with Gasteiger partial charge in [0.05, 0.1) is 43.4 Å². The molecule has 4 aromatic rings. The van der Waals surface area contributed by atoms with Crippen LogP contribution in [0.3, 0.4) is 0 Å². The maximum atomic E-state index is 14.8. The summed E-state index contributed by atoms with van der Waals surface area (Å²) < 4.78 is 5.34. The maximum Gasteiger partial charge on any atom is 0.251 e. The van der Waals surface area contributed by atoms with Gasteiger partial charge in [-0.3, -0.25) is 14.4 Å². The van der Waals surface area contributed by atoms with Gasteiger partial charge in [-0.25, -0.2) is 0 Å². The number of rotatable bonds is 13. The standard InChI is InChI=1S/C41H44N4O4/c1-3-11-34(39(42)46)35(25-28-12-9-13-28)40(47)43-36-27-44(32-16-5-4-6-17-32)37-18-7-8-19-38(37)45(41(36)48)26-29-14-10-15-31(24-29)30-20-22-33(49-2)23-21-30/h3-8,10,14-24,28,34-36H,1,9,11-13,25-27H2,2H3,(H2,42,46)(H,43,47)/t34-,35+,36?/m0/s1. The minimum Gasteiger partial charge on any atom is -0.497 e. The van der Waals surface area contributed by atoms with Gasteiger partial charge in [0.2, 0.25) is 11.8 Å². The minimum atomic E-state index is -0.897. The Balaban J connectivity index is 1.37. The molecule has 1 fully saturated rings. The van der Waals surface area contributed by atoms with Crippen LogP contribution in [0, 0.1) is 17.8 Å². The molecule has 8 heteroatoms. The fourth-order valence-corrected chi connectivity index (χ4v) is 7.00. The van der Waals surface area contributed by atoms with Crippen LogP contribution in [-0.2, 0) is 20.9 Å². The summed E-state index contributed by atoms with van der Waals surface area (Å²) in [6, 6.07) is 32.8. The lowest BCUT2D eigenvalue weighted by Gasteiger charge is -2.33. The molecular formula is C41H44N4O4. The number of benzene rings is 4. The average Bonchev–Trinajstić information content (AvgIpc) is 3.22. The van der Waals surface area contributed by atoms with Crippen molar-refractivity contribution >= 4 is 34.8 Å². The molecule has 0 bridgehead atoms. The molecule has 8 nitrogen and oxygen atoms in total. The highest BCUT2D eigenvalue weighted by Gasteiger charge is 2.40. The number of nitrogens with zero attached hydrogens (tertiary/aromatic N) is 2. The summed E-state index contributed by atoms with van der Waals surface area (Å²) in [7, 11) is 1.65. The van der Waals surface area contributed by atoms with Crippen molar-refractivity contribution in [3.8, 4) is 16.9 Å². The lowest BCUT2D eigenvalue weighted by Crippen LogP contribution is -2.54. The van der Waals surface area contributed by atoms with E-state index in [0.29, 0.717) is 25.3 Å². The molecule has 1 heterocycles. The fraction of sp³-hybridized carbons (Fsp3) is 0.293. The quantitative estimate of drug-likeness (QED) is 0.151. The predicted octanol–water partition coefficient (Wildman–Crippen LogP) is 7.02. The van der Waals surface area contributed by atoms with E-state index < -0.39 is 23.8 Å². The van der Waals surface area contributed by atoms with Crippen LogP contribution in [0.5, 0.6) is 5.75 Å². The van der Waals surface area contributed by atoms with Crippen molar-refractivity contribution in [2.24, 2.45) is 23.5 Å². The number of nitrogens with two attached hydrogens (primary N) is 1. The zero-order valence-corrected chi connectivity index (χ0v) is 28.0. The predicted molar refractivity (Wildman–Crippen MR) is 194 cm³/mol. The molecule has 0 spiro atoms. The molecule has 252 valence electrons. The SMILES string of the molecule is C=CC[C@H](C(N)=O)[C@@H](CC1CCC1)C(=O)NC1CN(c2ccccc2)c2ccccc2N(Cc2cccc(-c3ccc(OC)cc3)c2)C1=O. The van der Waals surface area contributed by atoms with E-state index in [0.717, 1.165) is 58.8 Å². The van der Waals surface area contributed by atoms with E-state index in [-0.39, 0.29) is 18.4 Å². The third-order valence-electron chi connectivity index (χ3n) is 9.89. The second-order valence-corrected chi connectivity index (χ2v) is 13.0. The molecule has 0 aromatic heterocycles. The van der Waals surface area contributed by atoms with Crippen molar-refractivity contribution in [1.82, 2.24) is 5.32 Å². The summed E-state index contributed by atoms with van der Waals surface area (Å²) in [5.41, 5.74) is 11.4. The Morgan fingerprint density at radius 2 is 1.63 bits per heavy atom. The van der Waals surface area contributed by atoms with E-state index in [9.17, 15) is 14.4 Å². The third-order valence-corrected chi connectivity index (χ3v) is 9.89. The Morgan fingerprint density at radius 3 is 2.29 bits per heavy atom.